The van der Waals surface area contributed by atoms with Crippen LogP contribution in [0.4, 0.5) is 11.4 Å². The van der Waals surface area contributed by atoms with Gasteiger partial charge in [-0.15, -0.1) is 0 Å². The highest BCUT2D eigenvalue weighted by molar-refractivity contribution is 5.99. The summed E-state index contributed by atoms with van der Waals surface area (Å²) < 4.78 is 0. The summed E-state index contributed by atoms with van der Waals surface area (Å²) in [5, 5.41) is 0. The van der Waals surface area contributed by atoms with Gasteiger partial charge in [0.05, 0.1) is 0 Å². The molecule has 2 atom stereocenters. The molecule has 1 amide bonds. The summed E-state index contributed by atoms with van der Waals surface area (Å²) in [7, 11) is 0. The van der Waals surface area contributed by atoms with Crippen LogP contribution in [0.15, 0.2) is 18.2 Å². The highest BCUT2D eigenvalue weighted by Gasteiger charge is 2.57. The number of anilines is 2. The van der Waals surface area contributed by atoms with E-state index in [1.54, 1.807) is 0 Å². The molecule has 2 saturated carbocycles. The van der Waals surface area contributed by atoms with E-state index in [0.29, 0.717) is 23.7 Å². The van der Waals surface area contributed by atoms with Crippen molar-refractivity contribution in [3.63, 3.8) is 0 Å². The Morgan fingerprint density at radius 3 is 2.83 bits per heavy atom. The minimum absolute atomic E-state index is 0.335. The third-order valence-corrected chi connectivity index (χ3v) is 4.96. The van der Waals surface area contributed by atoms with Crippen LogP contribution in [0.25, 0.3) is 0 Å². The van der Waals surface area contributed by atoms with Crippen molar-refractivity contribution < 1.29 is 4.79 Å². The number of hydrogen-bond donors (Lipinski definition) is 1. The second kappa shape index (κ2) is 3.50. The number of amides is 1. The van der Waals surface area contributed by atoms with Crippen LogP contribution in [0.5, 0.6) is 0 Å². The number of hydrogen-bond acceptors (Lipinski definition) is 2. The predicted octanol–water partition coefficient (Wildman–Crippen LogP) is 2.20. The zero-order valence-corrected chi connectivity index (χ0v) is 10.4. The van der Waals surface area contributed by atoms with Gasteiger partial charge in [-0.1, -0.05) is 6.42 Å². The number of fused-ring (bicyclic) bond motifs is 2. The summed E-state index contributed by atoms with van der Waals surface area (Å²) in [6, 6.07) is 5.92. The molecule has 1 heterocycles. The quantitative estimate of drug-likeness (QED) is 0.767. The minimum atomic E-state index is 0.335. The predicted molar refractivity (Wildman–Crippen MR) is 71.2 cm³/mol. The number of nitrogens with zero attached hydrogens (tertiary/aromatic N) is 1. The molecule has 0 aromatic heterocycles. The van der Waals surface area contributed by atoms with Crippen molar-refractivity contribution in [3.05, 3.63) is 23.8 Å². The van der Waals surface area contributed by atoms with Crippen molar-refractivity contribution in [1.29, 1.82) is 0 Å². The number of benzene rings is 1. The van der Waals surface area contributed by atoms with Gasteiger partial charge in [-0.2, -0.15) is 0 Å². The van der Waals surface area contributed by atoms with Gasteiger partial charge in [0.1, 0.15) is 0 Å². The molecular formula is C15H18N2O. The van der Waals surface area contributed by atoms with E-state index in [4.69, 9.17) is 5.73 Å². The van der Waals surface area contributed by atoms with Gasteiger partial charge < -0.3 is 10.6 Å². The normalized spacial score (nSPS) is 32.2. The van der Waals surface area contributed by atoms with Crippen LogP contribution in [-0.2, 0) is 11.2 Å². The van der Waals surface area contributed by atoms with Crippen molar-refractivity contribution >= 4 is 17.3 Å². The third kappa shape index (κ3) is 1.33. The van der Waals surface area contributed by atoms with E-state index in [0.717, 1.165) is 24.3 Å². The van der Waals surface area contributed by atoms with E-state index in [-0.39, 0.29) is 0 Å². The molecule has 94 valence electrons. The molecule has 0 bridgehead atoms. The van der Waals surface area contributed by atoms with Crippen LogP contribution >= 0.6 is 0 Å². The van der Waals surface area contributed by atoms with E-state index in [2.05, 4.69) is 0 Å². The van der Waals surface area contributed by atoms with Crippen LogP contribution in [0.1, 0.15) is 24.8 Å². The largest absolute Gasteiger partial charge is 0.399 e. The molecule has 3 aliphatic rings. The van der Waals surface area contributed by atoms with Gasteiger partial charge in [0.2, 0.25) is 5.91 Å². The zero-order chi connectivity index (χ0) is 12.3. The zero-order valence-electron chi connectivity index (χ0n) is 10.4. The standard InChI is InChI=1S/C15H18N2O/c16-10-4-5-13-9(8-10)6-7-17(13)15(18)14-11-2-1-3-12(11)14/h4-5,8,11-12,14H,1-3,6-7,16H2. The smallest absolute Gasteiger partial charge is 0.230 e. The van der Waals surface area contributed by atoms with E-state index < -0.39 is 0 Å². The lowest BCUT2D eigenvalue weighted by Gasteiger charge is -2.18. The highest BCUT2D eigenvalue weighted by atomic mass is 16.2. The van der Waals surface area contributed by atoms with E-state index >= 15 is 0 Å². The SMILES string of the molecule is Nc1ccc2c(c1)CCN2C(=O)C1C2CCCC21. The van der Waals surface area contributed by atoms with E-state index in [1.165, 1.54) is 24.8 Å². The number of carbonyl (C=O) groups excluding carboxylic acids is 1. The second-order valence-corrected chi connectivity index (χ2v) is 5.91. The molecule has 1 aliphatic heterocycles. The Morgan fingerprint density at radius 1 is 1.28 bits per heavy atom. The number of rotatable bonds is 1. The van der Waals surface area contributed by atoms with Gasteiger partial charge in [0.25, 0.3) is 0 Å². The Bertz CT molecular complexity index is 515. The lowest BCUT2D eigenvalue weighted by Crippen LogP contribution is -2.31. The van der Waals surface area contributed by atoms with Gasteiger partial charge in [-0.25, -0.2) is 0 Å². The van der Waals surface area contributed by atoms with Gasteiger partial charge in [-0.05, 0) is 54.9 Å². The Morgan fingerprint density at radius 2 is 2.06 bits per heavy atom. The first-order valence-corrected chi connectivity index (χ1v) is 6.95. The molecular weight excluding hydrogens is 224 g/mol. The Labute approximate surface area is 107 Å². The average molecular weight is 242 g/mol. The molecule has 2 unspecified atom stereocenters. The topological polar surface area (TPSA) is 46.3 Å². The van der Waals surface area contributed by atoms with Gasteiger partial charge in [0, 0.05) is 23.8 Å². The average Bonchev–Trinajstić information content (AvgIpc) is 2.77. The Kier molecular flexibility index (Phi) is 2.02. The summed E-state index contributed by atoms with van der Waals surface area (Å²) >= 11 is 0. The molecule has 1 aromatic rings. The van der Waals surface area contributed by atoms with Crippen molar-refractivity contribution in [2.75, 3.05) is 17.2 Å². The first-order chi connectivity index (χ1) is 8.75. The third-order valence-electron chi connectivity index (χ3n) is 4.96. The van der Waals surface area contributed by atoms with Crippen molar-refractivity contribution in [3.8, 4) is 0 Å². The monoisotopic (exact) mass is 242 g/mol. The molecule has 3 heteroatoms. The lowest BCUT2D eigenvalue weighted by atomic mass is 10.1. The molecule has 18 heavy (non-hydrogen) atoms. The fourth-order valence-electron chi connectivity index (χ4n) is 4.02. The van der Waals surface area contributed by atoms with Crippen LogP contribution in [-0.4, -0.2) is 12.5 Å². The second-order valence-electron chi connectivity index (χ2n) is 5.91. The first kappa shape index (κ1) is 10.4. The molecule has 0 radical (unpaired) electrons. The molecule has 2 N–H and O–H groups in total. The van der Waals surface area contributed by atoms with Crippen LogP contribution in [0, 0.1) is 17.8 Å². The molecule has 3 nitrogen and oxygen atoms in total. The summed E-state index contributed by atoms with van der Waals surface area (Å²) in [6.45, 7) is 0.841. The summed E-state index contributed by atoms with van der Waals surface area (Å²) in [5.41, 5.74) is 8.92. The van der Waals surface area contributed by atoms with Gasteiger partial charge >= 0.3 is 0 Å². The van der Waals surface area contributed by atoms with Crippen LogP contribution in [0.2, 0.25) is 0 Å². The van der Waals surface area contributed by atoms with Crippen molar-refractivity contribution in [1.82, 2.24) is 0 Å². The van der Waals surface area contributed by atoms with Crippen molar-refractivity contribution in [2.24, 2.45) is 17.8 Å². The summed E-state index contributed by atoms with van der Waals surface area (Å²) in [5.74, 6) is 2.11. The minimum Gasteiger partial charge on any atom is -0.399 e. The van der Waals surface area contributed by atoms with E-state index in [1.807, 2.05) is 23.1 Å². The highest BCUT2D eigenvalue weighted by Crippen LogP contribution is 2.58. The lowest BCUT2D eigenvalue weighted by molar-refractivity contribution is -0.120. The van der Waals surface area contributed by atoms with Crippen LogP contribution in [0.3, 0.4) is 0 Å². The number of carbonyl (C=O) groups is 1. The maximum absolute atomic E-state index is 12.6. The number of nitrogens with two attached hydrogens (primary N) is 1. The molecule has 4 rings (SSSR count). The maximum Gasteiger partial charge on any atom is 0.230 e. The summed E-state index contributed by atoms with van der Waals surface area (Å²) in [4.78, 5) is 14.6. The van der Waals surface area contributed by atoms with Gasteiger partial charge in [-0.3, -0.25) is 4.79 Å². The van der Waals surface area contributed by atoms with Gasteiger partial charge in [0.15, 0.2) is 0 Å². The first-order valence-electron chi connectivity index (χ1n) is 6.95. The molecule has 2 fully saturated rings. The molecule has 2 aliphatic carbocycles. The molecule has 0 spiro atoms. The number of nitrogen functional groups attached to an aromatic ring is 1. The maximum atomic E-state index is 12.6. The summed E-state index contributed by atoms with van der Waals surface area (Å²) in [6.07, 6.45) is 4.81. The van der Waals surface area contributed by atoms with Crippen molar-refractivity contribution in [2.45, 2.75) is 25.7 Å². The van der Waals surface area contributed by atoms with Crippen LogP contribution < -0.4 is 10.6 Å². The fourth-order valence-corrected chi connectivity index (χ4v) is 4.02. The van der Waals surface area contributed by atoms with E-state index in [9.17, 15) is 4.79 Å². The Balaban J connectivity index is 1.59. The Hall–Kier alpha value is -1.51. The molecule has 0 saturated heterocycles. The molecule has 1 aromatic carbocycles. The fraction of sp³-hybridized carbons (Fsp3) is 0.533.